The van der Waals surface area contributed by atoms with Gasteiger partial charge in [0.2, 0.25) is 5.82 Å². The molecule has 1 heterocycles. The zero-order valence-electron chi connectivity index (χ0n) is 22.1. The number of para-hydroxylation sites is 1. The topological polar surface area (TPSA) is 76.6 Å². The molecule has 0 fully saturated rings. The molecule has 4 aromatic rings. The van der Waals surface area contributed by atoms with Crippen molar-refractivity contribution >= 4 is 11.6 Å². The number of aromatic nitrogens is 2. The molecule has 0 aliphatic heterocycles. The van der Waals surface area contributed by atoms with Gasteiger partial charge in [0.25, 0.3) is 5.91 Å². The fourth-order valence-electron chi connectivity index (χ4n) is 4.00. The number of benzene rings is 3. The summed E-state index contributed by atoms with van der Waals surface area (Å²) in [5, 5.41) is 2.84. The van der Waals surface area contributed by atoms with Crippen LogP contribution in [0.25, 0.3) is 22.5 Å². The number of hydrogen-bond donors (Lipinski definition) is 1. The molecule has 0 aliphatic carbocycles. The van der Waals surface area contributed by atoms with Gasteiger partial charge in [-0.05, 0) is 79.8 Å². The van der Waals surface area contributed by atoms with Crippen molar-refractivity contribution in [3.63, 3.8) is 0 Å². The number of nitrogens with one attached hydrogen (secondary N) is 1. The third-order valence-corrected chi connectivity index (χ3v) is 6.22. The summed E-state index contributed by atoms with van der Waals surface area (Å²) in [6.45, 7) is 7.12. The van der Waals surface area contributed by atoms with Crippen LogP contribution in [-0.4, -0.2) is 54.1 Å². The standard InChI is InChI=1S/C30H30F2N4O3/c1-4-36(5-2)17-18-39-27-8-6-7-26(38-3)28(27)35-30(37)29-33-24(20-9-13-22(31)14-10-20)19-25(34-29)21-11-15-23(32)16-12-21/h6-16,19H,4-5,17-18H2,1-3H3,(H,35,37). The lowest BCUT2D eigenvalue weighted by molar-refractivity contribution is 0.101. The van der Waals surface area contributed by atoms with E-state index in [2.05, 4.69) is 34.0 Å². The Bertz CT molecular complexity index is 1350. The number of halogens is 2. The maximum Gasteiger partial charge on any atom is 0.293 e. The summed E-state index contributed by atoms with van der Waals surface area (Å²) in [7, 11) is 1.50. The first-order valence-corrected chi connectivity index (χ1v) is 12.7. The first-order valence-electron chi connectivity index (χ1n) is 12.7. The Hall–Kier alpha value is -4.37. The maximum absolute atomic E-state index is 13.6. The van der Waals surface area contributed by atoms with Crippen LogP contribution >= 0.6 is 0 Å². The van der Waals surface area contributed by atoms with Crippen molar-refractivity contribution in [1.82, 2.24) is 14.9 Å². The zero-order valence-corrected chi connectivity index (χ0v) is 22.1. The highest BCUT2D eigenvalue weighted by atomic mass is 19.1. The minimum absolute atomic E-state index is 0.129. The lowest BCUT2D eigenvalue weighted by atomic mass is 10.1. The average molecular weight is 533 g/mol. The van der Waals surface area contributed by atoms with Gasteiger partial charge in [-0.25, -0.2) is 18.7 Å². The lowest BCUT2D eigenvalue weighted by Crippen LogP contribution is -2.28. The molecule has 1 aromatic heterocycles. The fraction of sp³-hybridized carbons (Fsp3) is 0.233. The molecule has 0 spiro atoms. The predicted molar refractivity (Wildman–Crippen MR) is 147 cm³/mol. The van der Waals surface area contributed by atoms with Gasteiger partial charge in [0.05, 0.1) is 18.5 Å². The Morgan fingerprint density at radius 3 is 1.90 bits per heavy atom. The number of carbonyl (C=O) groups excluding carboxylic acids is 1. The summed E-state index contributed by atoms with van der Waals surface area (Å²) in [6, 6.07) is 18.4. The highest BCUT2D eigenvalue weighted by Crippen LogP contribution is 2.35. The molecule has 1 N–H and O–H groups in total. The highest BCUT2D eigenvalue weighted by molar-refractivity contribution is 6.04. The van der Waals surface area contributed by atoms with Crippen molar-refractivity contribution in [2.45, 2.75) is 13.8 Å². The molecule has 3 aromatic carbocycles. The Morgan fingerprint density at radius 1 is 0.846 bits per heavy atom. The predicted octanol–water partition coefficient (Wildman–Crippen LogP) is 6.07. The monoisotopic (exact) mass is 532 g/mol. The summed E-state index contributed by atoms with van der Waals surface area (Å²) >= 11 is 0. The summed E-state index contributed by atoms with van der Waals surface area (Å²) in [5.41, 5.74) is 2.35. The highest BCUT2D eigenvalue weighted by Gasteiger charge is 2.19. The van der Waals surface area contributed by atoms with E-state index in [0.29, 0.717) is 46.3 Å². The number of nitrogens with zero attached hydrogens (tertiary/aromatic N) is 3. The second-order valence-corrected chi connectivity index (χ2v) is 8.64. The van der Waals surface area contributed by atoms with Crippen LogP contribution in [0, 0.1) is 11.6 Å². The first kappa shape index (κ1) is 27.7. The molecule has 0 aliphatic rings. The molecule has 1 amide bonds. The van der Waals surface area contributed by atoms with E-state index >= 15 is 0 Å². The second kappa shape index (κ2) is 12.9. The van der Waals surface area contributed by atoms with E-state index in [1.54, 1.807) is 48.5 Å². The average Bonchev–Trinajstić information content (AvgIpc) is 2.96. The molecule has 0 radical (unpaired) electrons. The van der Waals surface area contributed by atoms with Gasteiger partial charge in [0.1, 0.15) is 35.4 Å². The quantitative estimate of drug-likeness (QED) is 0.253. The number of amides is 1. The van der Waals surface area contributed by atoms with Gasteiger partial charge in [-0.1, -0.05) is 19.9 Å². The number of likely N-dealkylation sites (N-methyl/N-ethyl adjacent to an activating group) is 1. The number of ether oxygens (including phenoxy) is 2. The van der Waals surface area contributed by atoms with Crippen molar-refractivity contribution < 1.29 is 23.0 Å². The summed E-state index contributed by atoms with van der Waals surface area (Å²) in [5.74, 6) is -0.652. The van der Waals surface area contributed by atoms with E-state index in [1.165, 1.54) is 31.4 Å². The molecule has 9 heteroatoms. The summed E-state index contributed by atoms with van der Waals surface area (Å²) < 4.78 is 38.6. The fourth-order valence-corrected chi connectivity index (χ4v) is 4.00. The minimum atomic E-state index is -0.597. The molecule has 7 nitrogen and oxygen atoms in total. The van der Waals surface area contributed by atoms with Crippen LogP contribution in [0.1, 0.15) is 24.5 Å². The van der Waals surface area contributed by atoms with E-state index in [9.17, 15) is 13.6 Å². The van der Waals surface area contributed by atoms with Gasteiger partial charge in [-0.3, -0.25) is 4.79 Å². The number of rotatable bonds is 11. The summed E-state index contributed by atoms with van der Waals surface area (Å²) in [6.07, 6.45) is 0. The Morgan fingerprint density at radius 2 is 1.38 bits per heavy atom. The molecular weight excluding hydrogens is 502 g/mol. The van der Waals surface area contributed by atoms with Crippen LogP contribution < -0.4 is 14.8 Å². The van der Waals surface area contributed by atoms with Crippen molar-refractivity contribution in [2.24, 2.45) is 0 Å². The molecule has 0 saturated carbocycles. The third kappa shape index (κ3) is 6.94. The van der Waals surface area contributed by atoms with E-state index < -0.39 is 17.5 Å². The molecule has 0 saturated heterocycles. The third-order valence-electron chi connectivity index (χ3n) is 6.22. The molecule has 202 valence electrons. The van der Waals surface area contributed by atoms with Crippen molar-refractivity contribution in [2.75, 3.05) is 38.7 Å². The largest absolute Gasteiger partial charge is 0.494 e. The zero-order chi connectivity index (χ0) is 27.8. The maximum atomic E-state index is 13.6. The number of hydrogen-bond acceptors (Lipinski definition) is 6. The van der Waals surface area contributed by atoms with E-state index in [0.717, 1.165) is 19.6 Å². The van der Waals surface area contributed by atoms with Crippen LogP contribution in [0.3, 0.4) is 0 Å². The van der Waals surface area contributed by atoms with Gasteiger partial charge in [0.15, 0.2) is 0 Å². The Kier molecular flexibility index (Phi) is 9.17. The van der Waals surface area contributed by atoms with Crippen molar-refractivity contribution in [3.8, 4) is 34.0 Å². The molecule has 0 unspecified atom stereocenters. The minimum Gasteiger partial charge on any atom is -0.494 e. The van der Waals surface area contributed by atoms with Crippen LogP contribution in [0.2, 0.25) is 0 Å². The Labute approximate surface area is 226 Å². The van der Waals surface area contributed by atoms with Crippen molar-refractivity contribution in [1.29, 1.82) is 0 Å². The van der Waals surface area contributed by atoms with E-state index in [-0.39, 0.29) is 5.82 Å². The first-order chi connectivity index (χ1) is 18.9. The normalized spacial score (nSPS) is 10.9. The molecular formula is C30H30F2N4O3. The molecule has 0 bridgehead atoms. The van der Waals surface area contributed by atoms with Gasteiger partial charge in [-0.15, -0.1) is 0 Å². The molecule has 0 atom stereocenters. The van der Waals surface area contributed by atoms with Crippen LogP contribution in [0.4, 0.5) is 14.5 Å². The van der Waals surface area contributed by atoms with Gasteiger partial charge in [0, 0.05) is 17.7 Å². The van der Waals surface area contributed by atoms with Crippen LogP contribution in [-0.2, 0) is 0 Å². The summed E-state index contributed by atoms with van der Waals surface area (Å²) in [4.78, 5) is 24.6. The van der Waals surface area contributed by atoms with Gasteiger partial charge in [-0.2, -0.15) is 0 Å². The van der Waals surface area contributed by atoms with E-state index in [1.807, 2.05) is 0 Å². The number of methoxy groups -OCH3 is 1. The van der Waals surface area contributed by atoms with Crippen LogP contribution in [0.5, 0.6) is 11.5 Å². The number of carbonyl (C=O) groups is 1. The second-order valence-electron chi connectivity index (χ2n) is 8.64. The Balaban J connectivity index is 1.68. The van der Waals surface area contributed by atoms with Gasteiger partial charge < -0.3 is 19.7 Å². The number of anilines is 1. The molecule has 39 heavy (non-hydrogen) atoms. The smallest absolute Gasteiger partial charge is 0.293 e. The van der Waals surface area contributed by atoms with E-state index in [4.69, 9.17) is 9.47 Å². The van der Waals surface area contributed by atoms with Crippen LogP contribution in [0.15, 0.2) is 72.8 Å². The molecule has 4 rings (SSSR count). The SMILES string of the molecule is CCN(CC)CCOc1cccc(OC)c1NC(=O)c1nc(-c2ccc(F)cc2)cc(-c2ccc(F)cc2)n1. The van der Waals surface area contributed by atoms with Gasteiger partial charge >= 0.3 is 0 Å². The lowest BCUT2D eigenvalue weighted by Gasteiger charge is -2.20. The van der Waals surface area contributed by atoms with Crippen molar-refractivity contribution in [3.05, 3.63) is 90.3 Å².